The maximum Gasteiger partial charge on any atom is 0.337 e. The van der Waals surface area contributed by atoms with Crippen LogP contribution in [0.1, 0.15) is 15.9 Å². The Morgan fingerprint density at radius 2 is 2.08 bits per heavy atom. The lowest BCUT2D eigenvalue weighted by molar-refractivity contribution is 0.0698. The van der Waals surface area contributed by atoms with Gasteiger partial charge in [0.05, 0.1) is 21.3 Å². The Labute approximate surface area is 85.1 Å². The fourth-order valence-electron chi connectivity index (χ4n) is 0.944. The fourth-order valence-corrected chi connectivity index (χ4v) is 1.35. The molecule has 1 aromatic carbocycles. The van der Waals surface area contributed by atoms with Gasteiger partial charge in [-0.1, -0.05) is 23.2 Å². The third-order valence-corrected chi connectivity index (χ3v) is 2.62. The number of rotatable bonds is 1. The van der Waals surface area contributed by atoms with Gasteiger partial charge in [0, 0.05) is 0 Å². The molecule has 1 aromatic rings. The molecule has 0 heterocycles. The van der Waals surface area contributed by atoms with Crippen molar-refractivity contribution in [1.82, 2.24) is 0 Å². The first kappa shape index (κ1) is 10.2. The molecule has 70 valence electrons. The minimum absolute atomic E-state index is 0.0214. The van der Waals surface area contributed by atoms with E-state index in [0.717, 1.165) is 0 Å². The summed E-state index contributed by atoms with van der Waals surface area (Å²) in [6.45, 7) is 1.62. The Kier molecular flexibility index (Phi) is 2.68. The van der Waals surface area contributed by atoms with Gasteiger partial charge in [0.2, 0.25) is 0 Å². The Hall–Kier alpha value is -0.930. The van der Waals surface area contributed by atoms with Crippen molar-refractivity contribution >= 4 is 34.9 Å². The first-order chi connectivity index (χ1) is 5.95. The van der Waals surface area contributed by atoms with E-state index in [0.29, 0.717) is 10.6 Å². The predicted octanol–water partition coefficient (Wildman–Crippen LogP) is 2.58. The molecule has 0 spiro atoms. The molecule has 1 rings (SSSR count). The topological polar surface area (TPSA) is 63.3 Å². The Morgan fingerprint density at radius 1 is 1.54 bits per heavy atom. The maximum absolute atomic E-state index is 10.7. The third kappa shape index (κ3) is 1.71. The highest BCUT2D eigenvalue weighted by molar-refractivity contribution is 6.43. The summed E-state index contributed by atoms with van der Waals surface area (Å²) in [6.07, 6.45) is 0. The Balaban J connectivity index is 3.50. The van der Waals surface area contributed by atoms with E-state index in [-0.39, 0.29) is 16.3 Å². The van der Waals surface area contributed by atoms with E-state index in [1.807, 2.05) is 0 Å². The van der Waals surface area contributed by atoms with Gasteiger partial charge in [0.1, 0.15) is 0 Å². The summed E-state index contributed by atoms with van der Waals surface area (Å²) in [5, 5.41) is 9.22. The molecule has 3 N–H and O–H groups in total. The number of halogens is 2. The number of nitrogens with two attached hydrogens (primary N) is 1. The van der Waals surface area contributed by atoms with Crippen LogP contribution in [0.3, 0.4) is 0 Å². The maximum atomic E-state index is 10.7. The summed E-state index contributed by atoms with van der Waals surface area (Å²) >= 11 is 11.4. The van der Waals surface area contributed by atoms with Gasteiger partial charge in [0.25, 0.3) is 0 Å². The highest BCUT2D eigenvalue weighted by Gasteiger charge is 2.14. The van der Waals surface area contributed by atoms with Gasteiger partial charge in [-0.3, -0.25) is 0 Å². The molecule has 3 nitrogen and oxygen atoms in total. The molecule has 0 amide bonds. The van der Waals surface area contributed by atoms with Crippen LogP contribution in [0.2, 0.25) is 10.0 Å². The molecular weight excluding hydrogens is 213 g/mol. The summed E-state index contributed by atoms with van der Waals surface area (Å²) in [5.41, 5.74) is 6.15. The number of hydrogen-bond donors (Lipinski definition) is 2. The molecule has 0 aliphatic heterocycles. The van der Waals surface area contributed by atoms with Crippen molar-refractivity contribution in [1.29, 1.82) is 0 Å². The van der Waals surface area contributed by atoms with Crippen LogP contribution in [0.4, 0.5) is 5.69 Å². The van der Waals surface area contributed by atoms with Crippen LogP contribution in [0.15, 0.2) is 6.07 Å². The van der Waals surface area contributed by atoms with Crippen molar-refractivity contribution in [2.75, 3.05) is 5.73 Å². The largest absolute Gasteiger partial charge is 0.478 e. The second kappa shape index (κ2) is 3.44. The zero-order chi connectivity index (χ0) is 10.2. The van der Waals surface area contributed by atoms with E-state index in [9.17, 15) is 4.79 Å². The zero-order valence-electron chi connectivity index (χ0n) is 6.77. The average molecular weight is 220 g/mol. The summed E-state index contributed by atoms with van der Waals surface area (Å²) in [5.74, 6) is -1.11. The van der Waals surface area contributed by atoms with Crippen molar-refractivity contribution in [2.24, 2.45) is 0 Å². The lowest BCUT2D eigenvalue weighted by Crippen LogP contribution is -2.04. The van der Waals surface area contributed by atoms with Crippen molar-refractivity contribution in [3.8, 4) is 0 Å². The molecule has 0 aromatic heterocycles. The number of hydrogen-bond acceptors (Lipinski definition) is 2. The minimum Gasteiger partial charge on any atom is -0.478 e. The van der Waals surface area contributed by atoms with Crippen LogP contribution in [0.25, 0.3) is 0 Å². The van der Waals surface area contributed by atoms with Crippen LogP contribution in [-0.4, -0.2) is 11.1 Å². The Morgan fingerprint density at radius 3 is 2.54 bits per heavy atom. The molecular formula is C8H7Cl2NO2. The summed E-state index contributed by atoms with van der Waals surface area (Å²) in [4.78, 5) is 10.7. The first-order valence-electron chi connectivity index (χ1n) is 3.42. The number of nitrogen functional groups attached to an aromatic ring is 1. The van der Waals surface area contributed by atoms with E-state index in [1.165, 1.54) is 6.07 Å². The van der Waals surface area contributed by atoms with Crippen molar-refractivity contribution in [2.45, 2.75) is 6.92 Å². The lowest BCUT2D eigenvalue weighted by Gasteiger charge is -2.07. The quantitative estimate of drug-likeness (QED) is 0.715. The SMILES string of the molecule is Cc1c(N)c(C(=O)O)cc(Cl)c1Cl. The van der Waals surface area contributed by atoms with Gasteiger partial charge in [-0.05, 0) is 18.6 Å². The number of carboxylic acid groups (broad SMARTS) is 1. The first-order valence-corrected chi connectivity index (χ1v) is 4.18. The van der Waals surface area contributed by atoms with E-state index in [4.69, 9.17) is 34.0 Å². The monoisotopic (exact) mass is 219 g/mol. The van der Waals surface area contributed by atoms with Crippen LogP contribution in [0.5, 0.6) is 0 Å². The molecule has 0 aliphatic carbocycles. The highest BCUT2D eigenvalue weighted by atomic mass is 35.5. The summed E-state index contributed by atoms with van der Waals surface area (Å²) in [7, 11) is 0. The van der Waals surface area contributed by atoms with Crippen LogP contribution in [-0.2, 0) is 0 Å². The van der Waals surface area contributed by atoms with Gasteiger partial charge in [0.15, 0.2) is 0 Å². The van der Waals surface area contributed by atoms with Gasteiger partial charge in [-0.15, -0.1) is 0 Å². The lowest BCUT2D eigenvalue weighted by atomic mass is 10.1. The van der Waals surface area contributed by atoms with E-state index in [2.05, 4.69) is 0 Å². The minimum atomic E-state index is -1.11. The van der Waals surface area contributed by atoms with Crippen LogP contribution < -0.4 is 5.73 Å². The highest BCUT2D eigenvalue weighted by Crippen LogP contribution is 2.32. The fraction of sp³-hybridized carbons (Fsp3) is 0.125. The van der Waals surface area contributed by atoms with E-state index < -0.39 is 5.97 Å². The number of benzene rings is 1. The van der Waals surface area contributed by atoms with Gasteiger partial charge in [-0.25, -0.2) is 4.79 Å². The van der Waals surface area contributed by atoms with E-state index >= 15 is 0 Å². The van der Waals surface area contributed by atoms with Crippen molar-refractivity contribution in [3.05, 3.63) is 27.2 Å². The Bertz CT molecular complexity index is 377. The van der Waals surface area contributed by atoms with E-state index in [1.54, 1.807) is 6.92 Å². The standard InChI is InChI=1S/C8H7Cl2NO2/c1-3-6(10)5(9)2-4(7(3)11)8(12)13/h2H,11H2,1H3,(H,12,13). The summed E-state index contributed by atoms with van der Waals surface area (Å²) < 4.78 is 0. The molecule has 0 atom stereocenters. The molecule has 0 radical (unpaired) electrons. The molecule has 0 aliphatic rings. The van der Waals surface area contributed by atoms with Crippen LogP contribution >= 0.6 is 23.2 Å². The molecule has 0 unspecified atom stereocenters. The smallest absolute Gasteiger partial charge is 0.337 e. The molecule has 5 heteroatoms. The average Bonchev–Trinajstić information content (AvgIpc) is 2.07. The summed E-state index contributed by atoms with van der Waals surface area (Å²) in [6, 6.07) is 1.24. The molecule has 13 heavy (non-hydrogen) atoms. The number of carboxylic acids is 1. The number of anilines is 1. The number of aromatic carboxylic acids is 1. The molecule has 0 bridgehead atoms. The third-order valence-electron chi connectivity index (χ3n) is 1.73. The molecule has 0 saturated carbocycles. The molecule has 0 saturated heterocycles. The molecule has 0 fully saturated rings. The van der Waals surface area contributed by atoms with Gasteiger partial charge in [-0.2, -0.15) is 0 Å². The van der Waals surface area contributed by atoms with Crippen LogP contribution in [0, 0.1) is 6.92 Å². The normalized spacial score (nSPS) is 10.1. The van der Waals surface area contributed by atoms with Gasteiger partial charge >= 0.3 is 5.97 Å². The van der Waals surface area contributed by atoms with Crippen molar-refractivity contribution in [3.63, 3.8) is 0 Å². The predicted molar refractivity (Wildman–Crippen MR) is 52.6 cm³/mol. The zero-order valence-corrected chi connectivity index (χ0v) is 8.28. The number of carbonyl (C=O) groups is 1. The second-order valence-electron chi connectivity index (χ2n) is 2.56. The second-order valence-corrected chi connectivity index (χ2v) is 3.35. The van der Waals surface area contributed by atoms with Crippen molar-refractivity contribution < 1.29 is 9.90 Å². The van der Waals surface area contributed by atoms with Gasteiger partial charge < -0.3 is 10.8 Å².